The molecular formula is C28H22BrFN2O4S. The third kappa shape index (κ3) is 4.89. The first-order valence-corrected chi connectivity index (χ1v) is 13.3. The van der Waals surface area contributed by atoms with E-state index in [0.717, 1.165) is 28.7 Å². The summed E-state index contributed by atoms with van der Waals surface area (Å²) in [5, 5.41) is 11.6. The molecule has 2 heterocycles. The van der Waals surface area contributed by atoms with E-state index in [1.54, 1.807) is 48.5 Å². The fraction of sp³-hybridized carbons (Fsp3) is 0.179. The van der Waals surface area contributed by atoms with Crippen LogP contribution in [0.5, 0.6) is 5.75 Å². The van der Waals surface area contributed by atoms with E-state index in [4.69, 9.17) is 4.74 Å². The molecule has 9 heteroatoms. The second kappa shape index (κ2) is 10.4. The van der Waals surface area contributed by atoms with Crippen molar-refractivity contribution in [3.8, 4) is 5.75 Å². The number of hydrogen-bond acceptors (Lipinski definition) is 6. The molecule has 1 amide bonds. The standard InChI is InChI=1S/C28H22BrFN2O4S/c1-2-3-13-36-20-6-4-5-17(14-20)25(33)23-24(16-7-9-18(29)10-8-16)32(27(35)26(23)34)28-31-21-12-11-19(30)15-22(21)37-28/h4-12,14-15,24,33H,2-3,13H2,1H3/b25-23+. The van der Waals surface area contributed by atoms with E-state index in [-0.39, 0.29) is 16.5 Å². The van der Waals surface area contributed by atoms with Gasteiger partial charge < -0.3 is 9.84 Å². The van der Waals surface area contributed by atoms with Crippen LogP contribution in [0.1, 0.15) is 36.9 Å². The minimum absolute atomic E-state index is 0.0523. The van der Waals surface area contributed by atoms with E-state index in [2.05, 4.69) is 27.8 Å². The van der Waals surface area contributed by atoms with Crippen molar-refractivity contribution in [1.82, 2.24) is 4.98 Å². The summed E-state index contributed by atoms with van der Waals surface area (Å²) in [4.78, 5) is 32.6. The van der Waals surface area contributed by atoms with Gasteiger partial charge in [-0.2, -0.15) is 0 Å². The number of hydrogen-bond donors (Lipinski definition) is 1. The van der Waals surface area contributed by atoms with Crippen LogP contribution in [0.2, 0.25) is 0 Å². The number of carbonyl (C=O) groups excluding carboxylic acids is 2. The number of anilines is 1. The number of aliphatic hydroxyl groups excluding tert-OH is 1. The van der Waals surface area contributed by atoms with Crippen molar-refractivity contribution in [1.29, 1.82) is 0 Å². The van der Waals surface area contributed by atoms with Gasteiger partial charge in [-0.3, -0.25) is 14.5 Å². The zero-order chi connectivity index (χ0) is 26.1. The predicted molar refractivity (Wildman–Crippen MR) is 145 cm³/mol. The van der Waals surface area contributed by atoms with Crippen LogP contribution >= 0.6 is 27.3 Å². The van der Waals surface area contributed by atoms with Crippen molar-refractivity contribution in [2.24, 2.45) is 0 Å². The van der Waals surface area contributed by atoms with Crippen LogP contribution < -0.4 is 9.64 Å². The zero-order valence-electron chi connectivity index (χ0n) is 19.8. The van der Waals surface area contributed by atoms with Gasteiger partial charge >= 0.3 is 5.91 Å². The highest BCUT2D eigenvalue weighted by molar-refractivity contribution is 9.10. The molecule has 188 valence electrons. The lowest BCUT2D eigenvalue weighted by Gasteiger charge is -2.23. The first kappa shape index (κ1) is 25.1. The molecule has 37 heavy (non-hydrogen) atoms. The number of fused-ring (bicyclic) bond motifs is 1. The van der Waals surface area contributed by atoms with E-state index in [0.29, 0.717) is 33.7 Å². The molecular weight excluding hydrogens is 559 g/mol. The quantitative estimate of drug-likeness (QED) is 0.110. The van der Waals surface area contributed by atoms with E-state index in [1.165, 1.54) is 23.1 Å². The fourth-order valence-electron chi connectivity index (χ4n) is 4.20. The van der Waals surface area contributed by atoms with Crippen molar-refractivity contribution in [3.05, 3.63) is 93.7 Å². The van der Waals surface area contributed by atoms with Gasteiger partial charge in [0.1, 0.15) is 17.3 Å². The van der Waals surface area contributed by atoms with Crippen LogP contribution in [0.3, 0.4) is 0 Å². The summed E-state index contributed by atoms with van der Waals surface area (Å²) >= 11 is 4.52. The topological polar surface area (TPSA) is 79.7 Å². The van der Waals surface area contributed by atoms with Crippen LogP contribution in [0, 0.1) is 5.82 Å². The van der Waals surface area contributed by atoms with Gasteiger partial charge in [-0.25, -0.2) is 9.37 Å². The summed E-state index contributed by atoms with van der Waals surface area (Å²) in [6.07, 6.45) is 1.87. The SMILES string of the molecule is CCCCOc1cccc(/C(O)=C2\C(=O)C(=O)N(c3nc4ccc(F)cc4s3)C2c2ccc(Br)cc2)c1. The van der Waals surface area contributed by atoms with Gasteiger partial charge in [0, 0.05) is 10.0 Å². The Balaban J connectivity index is 1.64. The predicted octanol–water partition coefficient (Wildman–Crippen LogP) is 7.00. The third-order valence-electron chi connectivity index (χ3n) is 6.05. The average molecular weight is 581 g/mol. The molecule has 1 saturated heterocycles. The number of ketones is 1. The van der Waals surface area contributed by atoms with E-state index in [1.807, 2.05) is 0 Å². The molecule has 0 spiro atoms. The Kier molecular flexibility index (Phi) is 7.08. The van der Waals surface area contributed by atoms with Crippen LogP contribution in [0.4, 0.5) is 9.52 Å². The highest BCUT2D eigenvalue weighted by Crippen LogP contribution is 2.44. The Morgan fingerprint density at radius 3 is 2.68 bits per heavy atom. The Morgan fingerprint density at radius 2 is 1.92 bits per heavy atom. The van der Waals surface area contributed by atoms with Crippen LogP contribution in [-0.2, 0) is 9.59 Å². The maximum Gasteiger partial charge on any atom is 0.301 e. The second-order valence-corrected chi connectivity index (χ2v) is 10.5. The van der Waals surface area contributed by atoms with E-state index < -0.39 is 23.5 Å². The van der Waals surface area contributed by atoms with Crippen LogP contribution in [0.15, 0.2) is 76.8 Å². The molecule has 5 rings (SSSR count). The molecule has 1 aliphatic rings. The van der Waals surface area contributed by atoms with Gasteiger partial charge in [0.25, 0.3) is 5.78 Å². The zero-order valence-corrected chi connectivity index (χ0v) is 22.2. The van der Waals surface area contributed by atoms with Gasteiger partial charge in [0.2, 0.25) is 0 Å². The molecule has 1 atom stereocenters. The first-order chi connectivity index (χ1) is 17.9. The molecule has 0 saturated carbocycles. The van der Waals surface area contributed by atoms with E-state index >= 15 is 0 Å². The molecule has 0 radical (unpaired) electrons. The molecule has 1 unspecified atom stereocenters. The average Bonchev–Trinajstić information content (AvgIpc) is 3.42. The Bertz CT molecular complexity index is 1530. The Morgan fingerprint density at radius 1 is 1.14 bits per heavy atom. The number of carbonyl (C=O) groups is 2. The largest absolute Gasteiger partial charge is 0.507 e. The Labute approximate surface area is 225 Å². The number of benzene rings is 3. The lowest BCUT2D eigenvalue weighted by atomic mass is 9.95. The molecule has 3 aromatic carbocycles. The number of unbranched alkanes of at least 4 members (excludes halogenated alkanes) is 1. The number of rotatable bonds is 7. The van der Waals surface area contributed by atoms with Gasteiger partial charge in [0.05, 0.1) is 28.4 Å². The highest BCUT2D eigenvalue weighted by Gasteiger charge is 2.48. The van der Waals surface area contributed by atoms with Gasteiger partial charge in [-0.05, 0) is 54.4 Å². The summed E-state index contributed by atoms with van der Waals surface area (Å²) in [5.41, 5.74) is 1.43. The summed E-state index contributed by atoms with van der Waals surface area (Å²) < 4.78 is 20.9. The summed E-state index contributed by atoms with van der Waals surface area (Å²) in [7, 11) is 0. The molecule has 1 aromatic heterocycles. The van der Waals surface area contributed by atoms with Crippen molar-refractivity contribution in [2.75, 3.05) is 11.5 Å². The minimum atomic E-state index is -0.928. The van der Waals surface area contributed by atoms with Crippen LogP contribution in [-0.4, -0.2) is 28.4 Å². The number of Topliss-reactive ketones (excluding diaryl/α,β-unsaturated/α-hetero) is 1. The Hall–Kier alpha value is -3.56. The first-order valence-electron chi connectivity index (χ1n) is 11.7. The maximum absolute atomic E-state index is 13.8. The number of nitrogens with zero attached hydrogens (tertiary/aromatic N) is 2. The summed E-state index contributed by atoms with van der Waals surface area (Å²) in [6.45, 7) is 2.59. The van der Waals surface area contributed by atoms with Crippen molar-refractivity contribution in [2.45, 2.75) is 25.8 Å². The van der Waals surface area contributed by atoms with E-state index in [9.17, 15) is 19.1 Å². The molecule has 1 aliphatic heterocycles. The van der Waals surface area contributed by atoms with Gasteiger partial charge in [-0.1, -0.05) is 64.9 Å². The van der Waals surface area contributed by atoms with Crippen LogP contribution in [0.25, 0.3) is 16.0 Å². The highest BCUT2D eigenvalue weighted by atomic mass is 79.9. The number of halogens is 2. The second-order valence-electron chi connectivity index (χ2n) is 8.56. The normalized spacial score (nSPS) is 17.1. The lowest BCUT2D eigenvalue weighted by Crippen LogP contribution is -2.29. The van der Waals surface area contributed by atoms with Crippen molar-refractivity contribution < 1.29 is 23.8 Å². The number of aromatic nitrogens is 1. The molecule has 0 aliphatic carbocycles. The summed E-state index contributed by atoms with van der Waals surface area (Å²) in [5.74, 6) is -1.81. The summed E-state index contributed by atoms with van der Waals surface area (Å²) in [6, 6.07) is 17.2. The number of ether oxygens (including phenoxy) is 1. The number of amides is 1. The lowest BCUT2D eigenvalue weighted by molar-refractivity contribution is -0.132. The van der Waals surface area contributed by atoms with Crippen molar-refractivity contribution in [3.63, 3.8) is 0 Å². The molecule has 1 N–H and O–H groups in total. The molecule has 1 fully saturated rings. The maximum atomic E-state index is 13.8. The number of thiazole rings is 1. The number of aliphatic hydroxyl groups is 1. The van der Waals surface area contributed by atoms with Gasteiger partial charge in [-0.15, -0.1) is 0 Å². The monoisotopic (exact) mass is 580 g/mol. The molecule has 4 aromatic rings. The smallest absolute Gasteiger partial charge is 0.301 e. The molecule has 6 nitrogen and oxygen atoms in total. The third-order valence-corrected chi connectivity index (χ3v) is 7.60. The fourth-order valence-corrected chi connectivity index (χ4v) is 5.48. The molecule has 0 bridgehead atoms. The van der Waals surface area contributed by atoms with Crippen molar-refractivity contribution >= 4 is 60.1 Å². The van der Waals surface area contributed by atoms with Gasteiger partial charge in [0.15, 0.2) is 5.13 Å². The minimum Gasteiger partial charge on any atom is -0.507 e.